The van der Waals surface area contributed by atoms with Gasteiger partial charge in [-0.25, -0.2) is 9.59 Å². The summed E-state index contributed by atoms with van der Waals surface area (Å²) in [5, 5.41) is 0.268. The normalized spacial score (nSPS) is 16.1. The van der Waals surface area contributed by atoms with Crippen molar-refractivity contribution in [3.05, 3.63) is 63.7 Å². The van der Waals surface area contributed by atoms with Crippen LogP contribution < -0.4 is 4.90 Å². The van der Waals surface area contributed by atoms with Gasteiger partial charge < -0.3 is 9.47 Å². The second kappa shape index (κ2) is 11.3. The van der Waals surface area contributed by atoms with Crippen LogP contribution in [0, 0.1) is 0 Å². The van der Waals surface area contributed by atoms with Gasteiger partial charge >= 0.3 is 24.5 Å². The number of fused-ring (bicyclic) bond motifs is 1. The van der Waals surface area contributed by atoms with Gasteiger partial charge in [-0.1, -0.05) is 17.7 Å². The largest absolute Gasteiger partial charge is 0.453 e. The second-order valence-corrected chi connectivity index (χ2v) is 9.39. The van der Waals surface area contributed by atoms with Crippen molar-refractivity contribution in [3.8, 4) is 0 Å². The van der Waals surface area contributed by atoms with Crippen molar-refractivity contribution in [1.82, 2.24) is 4.90 Å². The third-order valence-corrected chi connectivity index (χ3v) is 6.08. The molecule has 6 nitrogen and oxygen atoms in total. The third kappa shape index (κ3) is 6.83. The number of anilines is 1. The fourth-order valence-electron chi connectivity index (χ4n) is 4.26. The van der Waals surface area contributed by atoms with E-state index in [0.29, 0.717) is 29.8 Å². The molecule has 0 radical (unpaired) electrons. The van der Waals surface area contributed by atoms with Crippen molar-refractivity contribution >= 4 is 29.5 Å². The number of rotatable bonds is 4. The topological polar surface area (TPSA) is 59.1 Å². The van der Waals surface area contributed by atoms with Gasteiger partial charge in [0.25, 0.3) is 0 Å². The quantitative estimate of drug-likeness (QED) is 0.354. The molecule has 0 aromatic heterocycles. The Morgan fingerprint density at radius 3 is 2.18 bits per heavy atom. The van der Waals surface area contributed by atoms with Crippen LogP contribution in [-0.2, 0) is 28.4 Å². The second-order valence-electron chi connectivity index (χ2n) is 8.96. The number of amides is 2. The van der Waals surface area contributed by atoms with Crippen molar-refractivity contribution in [2.45, 2.75) is 57.7 Å². The van der Waals surface area contributed by atoms with E-state index < -0.39 is 59.9 Å². The van der Waals surface area contributed by atoms with Crippen LogP contribution in [0.2, 0.25) is 5.02 Å². The first-order valence-corrected chi connectivity index (χ1v) is 11.9. The molecule has 1 atom stereocenters. The van der Waals surface area contributed by atoms with Crippen LogP contribution in [0.3, 0.4) is 0 Å². The highest BCUT2D eigenvalue weighted by atomic mass is 35.5. The fraction of sp³-hybridized carbons (Fsp3) is 0.440. The molecule has 38 heavy (non-hydrogen) atoms. The Morgan fingerprint density at radius 1 is 1.05 bits per heavy atom. The lowest BCUT2D eigenvalue weighted by atomic mass is 9.98. The summed E-state index contributed by atoms with van der Waals surface area (Å²) in [5.74, 6) is 0. The van der Waals surface area contributed by atoms with Gasteiger partial charge in [0.15, 0.2) is 0 Å². The van der Waals surface area contributed by atoms with Gasteiger partial charge in [0.2, 0.25) is 0 Å². The highest BCUT2D eigenvalue weighted by molar-refractivity contribution is 6.31. The first-order chi connectivity index (χ1) is 17.6. The molecule has 2 amide bonds. The Hall–Kier alpha value is -3.15. The molecule has 13 heteroatoms. The van der Waals surface area contributed by atoms with Crippen LogP contribution >= 0.6 is 11.6 Å². The molecule has 0 fully saturated rings. The zero-order valence-corrected chi connectivity index (χ0v) is 21.4. The van der Waals surface area contributed by atoms with E-state index in [1.807, 2.05) is 0 Å². The van der Waals surface area contributed by atoms with Gasteiger partial charge in [-0.15, -0.1) is 0 Å². The molecule has 0 spiro atoms. The minimum Gasteiger partial charge on any atom is -0.453 e. The van der Waals surface area contributed by atoms with E-state index in [4.69, 9.17) is 21.1 Å². The minimum atomic E-state index is -5.05. The molecule has 1 unspecified atom stereocenters. The van der Waals surface area contributed by atoms with Crippen molar-refractivity contribution in [2.24, 2.45) is 0 Å². The number of halogens is 7. The Kier molecular flexibility index (Phi) is 8.75. The average molecular weight is 567 g/mol. The molecular weight excluding hydrogens is 542 g/mol. The molecule has 3 rings (SSSR count). The van der Waals surface area contributed by atoms with Gasteiger partial charge in [0, 0.05) is 18.1 Å². The molecule has 0 aliphatic carbocycles. The first-order valence-electron chi connectivity index (χ1n) is 11.5. The van der Waals surface area contributed by atoms with E-state index in [0.717, 1.165) is 12.0 Å². The number of hydrogen-bond donors (Lipinski definition) is 0. The number of nitrogens with zero attached hydrogens (tertiary/aromatic N) is 2. The summed E-state index contributed by atoms with van der Waals surface area (Å²) in [4.78, 5) is 28.0. The van der Waals surface area contributed by atoms with Crippen molar-refractivity contribution in [2.75, 3.05) is 18.6 Å². The molecule has 0 saturated heterocycles. The predicted molar refractivity (Wildman–Crippen MR) is 127 cm³/mol. The summed E-state index contributed by atoms with van der Waals surface area (Å²) in [7, 11) is 1.05. The van der Waals surface area contributed by atoms with Crippen LogP contribution in [0.1, 0.15) is 55.0 Å². The third-order valence-electron chi connectivity index (χ3n) is 5.84. The lowest BCUT2D eigenvalue weighted by Gasteiger charge is -2.32. The number of carbonyl (C=O) groups excluding carboxylic acids is 2. The van der Waals surface area contributed by atoms with Crippen LogP contribution in [0.5, 0.6) is 0 Å². The average Bonchev–Trinajstić information content (AvgIpc) is 2.99. The molecule has 0 bridgehead atoms. The van der Waals surface area contributed by atoms with Crippen molar-refractivity contribution in [3.63, 3.8) is 0 Å². The number of carbonyl (C=O) groups is 2. The Balaban J connectivity index is 2.11. The minimum absolute atomic E-state index is 0.0210. The summed E-state index contributed by atoms with van der Waals surface area (Å²) >= 11 is 6.18. The van der Waals surface area contributed by atoms with E-state index in [1.54, 1.807) is 19.9 Å². The van der Waals surface area contributed by atoms with Crippen molar-refractivity contribution < 1.29 is 45.4 Å². The Labute approximate surface area is 220 Å². The maximum atomic E-state index is 13.4. The highest BCUT2D eigenvalue weighted by Gasteiger charge is 2.38. The maximum Gasteiger partial charge on any atom is 0.416 e. The maximum absolute atomic E-state index is 13.4. The highest BCUT2D eigenvalue weighted by Crippen LogP contribution is 2.41. The standard InChI is InChI=1S/C25H25ClF6N2O4/c1-14(2)38-23(36)33-8-4-5-20(19-7-6-18(26)12-21(19)33)34(22(35)37-3)13-15-9-16(24(27,28)29)11-17(10-15)25(30,31)32/h6-7,9-12,14,20H,4-5,8,13H2,1-3H3. The fourth-order valence-corrected chi connectivity index (χ4v) is 4.42. The first kappa shape index (κ1) is 29.4. The summed E-state index contributed by atoms with van der Waals surface area (Å²) in [6.07, 6.45) is -11.6. The predicted octanol–water partition coefficient (Wildman–Crippen LogP) is 7.83. The summed E-state index contributed by atoms with van der Waals surface area (Å²) in [6, 6.07) is 4.83. The van der Waals surface area contributed by atoms with Crippen LogP contribution in [0.4, 0.5) is 41.6 Å². The van der Waals surface area contributed by atoms with Gasteiger partial charge in [-0.2, -0.15) is 26.3 Å². The molecule has 1 heterocycles. The van der Waals surface area contributed by atoms with E-state index in [-0.39, 0.29) is 24.1 Å². The van der Waals surface area contributed by atoms with E-state index in [2.05, 4.69) is 0 Å². The lowest BCUT2D eigenvalue weighted by molar-refractivity contribution is -0.143. The zero-order chi connectivity index (χ0) is 28.4. The monoisotopic (exact) mass is 566 g/mol. The molecule has 1 aliphatic rings. The van der Waals surface area contributed by atoms with E-state index in [9.17, 15) is 35.9 Å². The molecule has 1 aliphatic heterocycles. The van der Waals surface area contributed by atoms with Gasteiger partial charge in [0.1, 0.15) is 0 Å². The summed E-state index contributed by atoms with van der Waals surface area (Å²) in [5.41, 5.74) is -2.68. The van der Waals surface area contributed by atoms with Gasteiger partial charge in [-0.05, 0) is 68.1 Å². The molecular formula is C25H25ClF6N2O4. The number of hydrogen-bond acceptors (Lipinski definition) is 4. The lowest BCUT2D eigenvalue weighted by Crippen LogP contribution is -2.35. The van der Waals surface area contributed by atoms with Gasteiger partial charge in [-0.3, -0.25) is 9.80 Å². The molecule has 0 N–H and O–H groups in total. The number of benzene rings is 2. The van der Waals surface area contributed by atoms with Gasteiger partial charge in [0.05, 0.1) is 36.1 Å². The SMILES string of the molecule is COC(=O)N(Cc1cc(C(F)(F)F)cc(C(F)(F)F)c1)C1CCCN(C(=O)OC(C)C)c2cc(Cl)ccc21. The van der Waals surface area contributed by atoms with Crippen molar-refractivity contribution in [1.29, 1.82) is 0 Å². The Morgan fingerprint density at radius 2 is 1.66 bits per heavy atom. The van der Waals surface area contributed by atoms with E-state index >= 15 is 0 Å². The number of ether oxygens (including phenoxy) is 2. The number of methoxy groups -OCH3 is 1. The van der Waals surface area contributed by atoms with Crippen LogP contribution in [-0.4, -0.2) is 36.8 Å². The molecule has 2 aromatic rings. The van der Waals surface area contributed by atoms with Crippen LogP contribution in [0.25, 0.3) is 0 Å². The Bertz CT molecular complexity index is 1150. The zero-order valence-electron chi connectivity index (χ0n) is 20.6. The smallest absolute Gasteiger partial charge is 0.416 e. The molecule has 2 aromatic carbocycles. The van der Waals surface area contributed by atoms with E-state index in [1.165, 1.54) is 17.0 Å². The molecule has 208 valence electrons. The van der Waals surface area contributed by atoms with Crippen LogP contribution in [0.15, 0.2) is 36.4 Å². The summed E-state index contributed by atoms with van der Waals surface area (Å²) < 4.78 is 90.7. The molecule has 0 saturated carbocycles. The number of alkyl halides is 6. The summed E-state index contributed by atoms with van der Waals surface area (Å²) in [6.45, 7) is 2.89.